The number of amides is 2. The minimum atomic E-state index is 0. The van der Waals surface area contributed by atoms with Crippen LogP contribution in [0.2, 0.25) is 0 Å². The van der Waals surface area contributed by atoms with Gasteiger partial charge in [0.25, 0.3) is 0 Å². The molecule has 146 valence electrons. The van der Waals surface area contributed by atoms with Crippen molar-refractivity contribution in [1.29, 1.82) is 0 Å². The zero-order chi connectivity index (χ0) is 16.9. The first-order valence-electron chi connectivity index (χ1n) is 8.68. The highest BCUT2D eigenvalue weighted by Gasteiger charge is 2.22. The number of rotatable bonds is 4. The fourth-order valence-corrected chi connectivity index (χ4v) is 3.17. The summed E-state index contributed by atoms with van der Waals surface area (Å²) in [5, 5.41) is 6.15. The molecule has 0 radical (unpaired) electrons. The molecular weight excluding hydrogens is 375 g/mol. The van der Waals surface area contributed by atoms with Gasteiger partial charge < -0.3 is 20.4 Å². The van der Waals surface area contributed by atoms with Gasteiger partial charge in [-0.05, 0) is 37.7 Å². The van der Waals surface area contributed by atoms with Gasteiger partial charge in [-0.1, -0.05) is 12.1 Å². The van der Waals surface area contributed by atoms with E-state index in [2.05, 4.69) is 22.6 Å². The van der Waals surface area contributed by atoms with E-state index in [9.17, 15) is 9.59 Å². The van der Waals surface area contributed by atoms with Crippen LogP contribution in [0.5, 0.6) is 0 Å². The minimum absolute atomic E-state index is 0. The zero-order valence-electron chi connectivity index (χ0n) is 15.1. The molecule has 6 nitrogen and oxygen atoms in total. The second kappa shape index (κ2) is 10.7. The van der Waals surface area contributed by atoms with Gasteiger partial charge >= 0.3 is 0 Å². The highest BCUT2D eigenvalue weighted by atomic mass is 35.5. The van der Waals surface area contributed by atoms with E-state index < -0.39 is 0 Å². The van der Waals surface area contributed by atoms with Crippen LogP contribution < -0.4 is 10.6 Å². The summed E-state index contributed by atoms with van der Waals surface area (Å²) in [7, 11) is 2.08. The first-order chi connectivity index (χ1) is 11.6. The Bertz CT molecular complexity index is 583. The van der Waals surface area contributed by atoms with Crippen molar-refractivity contribution in [3.63, 3.8) is 0 Å². The predicted octanol–water partition coefficient (Wildman–Crippen LogP) is 1.39. The summed E-state index contributed by atoms with van der Waals surface area (Å²) in [5.74, 6) is 0.307. The standard InChI is InChI=1S/C18H26N4O2.2ClH/c1-21-8-10-22(11-9-21)17(23)12-14-2-4-16(5-3-14)20-18(24)15-6-7-19-13-15;;/h2-5,15,19H,6-13H2,1H3,(H,20,24);2*1H. The van der Waals surface area contributed by atoms with E-state index in [0.29, 0.717) is 6.42 Å². The van der Waals surface area contributed by atoms with Crippen molar-refractivity contribution in [2.24, 2.45) is 5.92 Å². The molecule has 2 aliphatic rings. The number of nitrogens with one attached hydrogen (secondary N) is 2. The molecule has 3 rings (SSSR count). The quantitative estimate of drug-likeness (QED) is 0.798. The van der Waals surface area contributed by atoms with Crippen LogP contribution in [0, 0.1) is 5.92 Å². The molecule has 26 heavy (non-hydrogen) atoms. The molecule has 0 aromatic heterocycles. The Kier molecular flexibility index (Phi) is 9.36. The summed E-state index contributed by atoms with van der Waals surface area (Å²) in [6.07, 6.45) is 1.31. The van der Waals surface area contributed by atoms with E-state index >= 15 is 0 Å². The van der Waals surface area contributed by atoms with Crippen LogP contribution in [0.1, 0.15) is 12.0 Å². The number of hydrogen-bond acceptors (Lipinski definition) is 4. The molecule has 2 fully saturated rings. The maximum atomic E-state index is 12.3. The highest BCUT2D eigenvalue weighted by molar-refractivity contribution is 5.93. The van der Waals surface area contributed by atoms with Crippen LogP contribution in [0.25, 0.3) is 0 Å². The molecule has 1 unspecified atom stereocenters. The topological polar surface area (TPSA) is 64.7 Å². The molecule has 1 aromatic rings. The SMILES string of the molecule is CN1CCN(C(=O)Cc2ccc(NC(=O)C3CCNC3)cc2)CC1.Cl.Cl. The number of likely N-dealkylation sites (N-methyl/N-ethyl adjacent to an activating group) is 1. The van der Waals surface area contributed by atoms with Crippen LogP contribution in [-0.2, 0) is 16.0 Å². The lowest BCUT2D eigenvalue weighted by Gasteiger charge is -2.32. The smallest absolute Gasteiger partial charge is 0.228 e. The summed E-state index contributed by atoms with van der Waals surface area (Å²) in [5.41, 5.74) is 1.78. The Balaban J connectivity index is 0.00000169. The third-order valence-electron chi connectivity index (χ3n) is 4.86. The van der Waals surface area contributed by atoms with Gasteiger partial charge in [0.1, 0.15) is 0 Å². The molecule has 2 aliphatic heterocycles. The first kappa shape index (κ1) is 22.7. The predicted molar refractivity (Wildman–Crippen MR) is 108 cm³/mol. The number of piperazine rings is 1. The second-order valence-electron chi connectivity index (χ2n) is 6.74. The van der Waals surface area contributed by atoms with Gasteiger partial charge in [-0.15, -0.1) is 24.8 Å². The maximum Gasteiger partial charge on any atom is 0.228 e. The molecule has 0 spiro atoms. The third-order valence-corrected chi connectivity index (χ3v) is 4.86. The Morgan fingerprint density at radius 1 is 1.12 bits per heavy atom. The Morgan fingerprint density at radius 3 is 2.35 bits per heavy atom. The van der Waals surface area contributed by atoms with Crippen molar-refractivity contribution in [1.82, 2.24) is 15.1 Å². The lowest BCUT2D eigenvalue weighted by molar-refractivity contribution is -0.132. The number of halogens is 2. The minimum Gasteiger partial charge on any atom is -0.340 e. The molecule has 1 aromatic carbocycles. The molecule has 2 N–H and O–H groups in total. The summed E-state index contributed by atoms with van der Waals surface area (Å²) in [4.78, 5) is 28.6. The molecule has 0 bridgehead atoms. The first-order valence-corrected chi connectivity index (χ1v) is 8.68. The lowest BCUT2D eigenvalue weighted by atomic mass is 10.1. The van der Waals surface area contributed by atoms with E-state index in [1.165, 1.54) is 0 Å². The monoisotopic (exact) mass is 402 g/mol. The van der Waals surface area contributed by atoms with Gasteiger partial charge in [-0.2, -0.15) is 0 Å². The van der Waals surface area contributed by atoms with Crippen molar-refractivity contribution in [3.05, 3.63) is 29.8 Å². The molecule has 0 aliphatic carbocycles. The maximum absolute atomic E-state index is 12.3. The van der Waals surface area contributed by atoms with Crippen LogP contribution >= 0.6 is 24.8 Å². The molecule has 0 saturated carbocycles. The summed E-state index contributed by atoms with van der Waals surface area (Å²) in [6.45, 7) is 5.14. The van der Waals surface area contributed by atoms with Crippen molar-refractivity contribution >= 4 is 42.3 Å². The summed E-state index contributed by atoms with van der Waals surface area (Å²) < 4.78 is 0. The average molecular weight is 403 g/mol. The molecular formula is C18H28Cl2N4O2. The van der Waals surface area contributed by atoms with Crippen LogP contribution in [0.3, 0.4) is 0 Å². The Labute approximate surface area is 167 Å². The third kappa shape index (κ3) is 6.13. The van der Waals surface area contributed by atoms with Crippen molar-refractivity contribution in [2.75, 3.05) is 51.6 Å². The van der Waals surface area contributed by atoms with E-state index in [1.807, 2.05) is 29.2 Å². The van der Waals surface area contributed by atoms with E-state index in [0.717, 1.165) is 56.9 Å². The number of carbonyl (C=O) groups is 2. The van der Waals surface area contributed by atoms with Crippen LogP contribution in [0.15, 0.2) is 24.3 Å². The number of anilines is 1. The summed E-state index contributed by atoms with van der Waals surface area (Å²) in [6, 6.07) is 7.62. The van der Waals surface area contributed by atoms with Crippen LogP contribution in [0.4, 0.5) is 5.69 Å². The molecule has 8 heteroatoms. The van der Waals surface area contributed by atoms with E-state index in [1.54, 1.807) is 0 Å². The Hall–Kier alpha value is -1.34. The highest BCUT2D eigenvalue weighted by Crippen LogP contribution is 2.15. The van der Waals surface area contributed by atoms with Crippen LogP contribution in [-0.4, -0.2) is 67.9 Å². The van der Waals surface area contributed by atoms with Gasteiger partial charge in [0.05, 0.1) is 12.3 Å². The van der Waals surface area contributed by atoms with E-state index in [-0.39, 0.29) is 42.5 Å². The largest absolute Gasteiger partial charge is 0.340 e. The number of benzene rings is 1. The Morgan fingerprint density at radius 2 is 1.77 bits per heavy atom. The van der Waals surface area contributed by atoms with Gasteiger partial charge in [0.2, 0.25) is 11.8 Å². The second-order valence-corrected chi connectivity index (χ2v) is 6.74. The number of hydrogen-bond donors (Lipinski definition) is 2. The fourth-order valence-electron chi connectivity index (χ4n) is 3.17. The molecule has 2 amide bonds. The molecule has 2 saturated heterocycles. The number of nitrogens with zero attached hydrogens (tertiary/aromatic N) is 2. The average Bonchev–Trinajstić information content (AvgIpc) is 3.12. The lowest BCUT2D eigenvalue weighted by Crippen LogP contribution is -2.47. The van der Waals surface area contributed by atoms with Gasteiger partial charge in [0.15, 0.2) is 0 Å². The van der Waals surface area contributed by atoms with Crippen molar-refractivity contribution in [3.8, 4) is 0 Å². The fraction of sp³-hybridized carbons (Fsp3) is 0.556. The van der Waals surface area contributed by atoms with Gasteiger partial charge in [-0.3, -0.25) is 9.59 Å². The van der Waals surface area contributed by atoms with E-state index in [4.69, 9.17) is 0 Å². The van der Waals surface area contributed by atoms with Crippen molar-refractivity contribution < 1.29 is 9.59 Å². The number of carbonyl (C=O) groups excluding carboxylic acids is 2. The van der Waals surface area contributed by atoms with Gasteiger partial charge in [0, 0.05) is 38.4 Å². The van der Waals surface area contributed by atoms with Crippen molar-refractivity contribution in [2.45, 2.75) is 12.8 Å². The normalized spacial score (nSPS) is 20.0. The molecule has 1 atom stereocenters. The summed E-state index contributed by atoms with van der Waals surface area (Å²) >= 11 is 0. The zero-order valence-corrected chi connectivity index (χ0v) is 16.7. The molecule has 2 heterocycles. The van der Waals surface area contributed by atoms with Gasteiger partial charge in [-0.25, -0.2) is 0 Å².